The SMILES string of the molecule is CC(=O)Oc1cccc(N2C(=O)[C@@H]3[C@H](C2=O)[C@H]2C=C[C@H]3O2)c1. The molecule has 6 nitrogen and oxygen atoms in total. The summed E-state index contributed by atoms with van der Waals surface area (Å²) in [6.45, 7) is 1.30. The van der Waals surface area contributed by atoms with Gasteiger partial charge in [0, 0.05) is 13.0 Å². The molecule has 0 aromatic heterocycles. The van der Waals surface area contributed by atoms with Crippen molar-refractivity contribution in [3.63, 3.8) is 0 Å². The molecule has 2 fully saturated rings. The molecule has 2 saturated heterocycles. The number of benzene rings is 1. The van der Waals surface area contributed by atoms with E-state index in [4.69, 9.17) is 9.47 Å². The Kier molecular flexibility index (Phi) is 2.71. The lowest BCUT2D eigenvalue weighted by Gasteiger charge is -2.18. The highest BCUT2D eigenvalue weighted by Gasteiger charge is 2.61. The molecule has 0 unspecified atom stereocenters. The van der Waals surface area contributed by atoms with E-state index in [0.717, 1.165) is 0 Å². The van der Waals surface area contributed by atoms with Gasteiger partial charge in [-0.05, 0) is 12.1 Å². The van der Waals surface area contributed by atoms with Crippen LogP contribution in [0.1, 0.15) is 6.92 Å². The molecule has 6 heteroatoms. The van der Waals surface area contributed by atoms with Crippen molar-refractivity contribution in [1.29, 1.82) is 0 Å². The fraction of sp³-hybridized carbons (Fsp3) is 0.312. The number of hydrogen-bond acceptors (Lipinski definition) is 5. The number of fused-ring (bicyclic) bond motifs is 5. The van der Waals surface area contributed by atoms with Crippen LogP contribution in [-0.2, 0) is 19.1 Å². The summed E-state index contributed by atoms with van der Waals surface area (Å²) >= 11 is 0. The summed E-state index contributed by atoms with van der Waals surface area (Å²) in [4.78, 5) is 37.4. The molecule has 112 valence electrons. The first-order valence-electron chi connectivity index (χ1n) is 7.06. The Bertz CT molecular complexity index is 695. The van der Waals surface area contributed by atoms with Crippen LogP contribution in [0.15, 0.2) is 36.4 Å². The van der Waals surface area contributed by atoms with Crippen molar-refractivity contribution in [2.75, 3.05) is 4.90 Å². The van der Waals surface area contributed by atoms with Gasteiger partial charge in [0.05, 0.1) is 29.7 Å². The van der Waals surface area contributed by atoms with Gasteiger partial charge in [-0.1, -0.05) is 18.2 Å². The van der Waals surface area contributed by atoms with E-state index in [-0.39, 0.29) is 24.0 Å². The summed E-state index contributed by atoms with van der Waals surface area (Å²) in [6, 6.07) is 6.42. The van der Waals surface area contributed by atoms with E-state index in [2.05, 4.69) is 0 Å². The first-order chi connectivity index (χ1) is 10.6. The molecule has 0 spiro atoms. The standard InChI is InChI=1S/C16H13NO5/c1-8(18)21-10-4-2-3-9(7-10)17-15(19)13-11-5-6-12(22-11)14(13)16(17)20/h2-7,11-14H,1H3/t11-,12-,13-,14+/m1/s1. The lowest BCUT2D eigenvalue weighted by Crippen LogP contribution is -2.34. The molecule has 4 atom stereocenters. The van der Waals surface area contributed by atoms with Gasteiger partial charge in [-0.25, -0.2) is 4.90 Å². The highest BCUT2D eigenvalue weighted by Crippen LogP contribution is 2.46. The van der Waals surface area contributed by atoms with Crippen molar-refractivity contribution in [2.24, 2.45) is 11.8 Å². The Morgan fingerprint density at radius 3 is 2.36 bits per heavy atom. The summed E-state index contributed by atoms with van der Waals surface area (Å²) in [5.74, 6) is -1.55. The summed E-state index contributed by atoms with van der Waals surface area (Å²) in [6.07, 6.45) is 3.06. The summed E-state index contributed by atoms with van der Waals surface area (Å²) in [5.41, 5.74) is 0.419. The fourth-order valence-corrected chi connectivity index (χ4v) is 3.41. The third kappa shape index (κ3) is 1.74. The topological polar surface area (TPSA) is 72.9 Å². The van der Waals surface area contributed by atoms with E-state index >= 15 is 0 Å². The third-order valence-electron chi connectivity index (χ3n) is 4.25. The normalized spacial score (nSPS) is 31.8. The van der Waals surface area contributed by atoms with Gasteiger partial charge < -0.3 is 9.47 Å². The number of anilines is 1. The molecule has 22 heavy (non-hydrogen) atoms. The van der Waals surface area contributed by atoms with Gasteiger partial charge >= 0.3 is 5.97 Å². The lowest BCUT2D eigenvalue weighted by molar-refractivity contribution is -0.132. The Hall–Kier alpha value is -2.47. The molecule has 0 saturated carbocycles. The van der Waals surface area contributed by atoms with Crippen molar-refractivity contribution >= 4 is 23.5 Å². The van der Waals surface area contributed by atoms with Crippen LogP contribution < -0.4 is 9.64 Å². The number of ether oxygens (including phenoxy) is 2. The van der Waals surface area contributed by atoms with Crippen molar-refractivity contribution in [1.82, 2.24) is 0 Å². The monoisotopic (exact) mass is 299 g/mol. The van der Waals surface area contributed by atoms with Crippen molar-refractivity contribution < 1.29 is 23.9 Å². The largest absolute Gasteiger partial charge is 0.427 e. The Balaban J connectivity index is 1.68. The number of imide groups is 1. The molecule has 0 radical (unpaired) electrons. The number of nitrogens with zero attached hydrogens (tertiary/aromatic N) is 1. The predicted octanol–water partition coefficient (Wildman–Crippen LogP) is 1.05. The summed E-state index contributed by atoms with van der Waals surface area (Å²) in [5, 5.41) is 0. The quantitative estimate of drug-likeness (QED) is 0.353. The van der Waals surface area contributed by atoms with Gasteiger partial charge in [0.25, 0.3) is 0 Å². The van der Waals surface area contributed by atoms with Crippen LogP contribution in [0.2, 0.25) is 0 Å². The number of hydrogen-bond donors (Lipinski definition) is 0. The van der Waals surface area contributed by atoms with Crippen LogP contribution >= 0.6 is 0 Å². The average molecular weight is 299 g/mol. The average Bonchev–Trinajstić information content (AvgIpc) is 3.12. The van der Waals surface area contributed by atoms with E-state index in [9.17, 15) is 14.4 Å². The van der Waals surface area contributed by atoms with E-state index in [1.807, 2.05) is 12.2 Å². The molecule has 3 heterocycles. The van der Waals surface area contributed by atoms with Gasteiger partial charge in [0.1, 0.15) is 5.75 Å². The predicted molar refractivity (Wildman–Crippen MR) is 75.0 cm³/mol. The molecule has 1 aromatic rings. The van der Waals surface area contributed by atoms with Gasteiger partial charge in [-0.2, -0.15) is 0 Å². The van der Waals surface area contributed by atoms with E-state index in [1.54, 1.807) is 18.2 Å². The number of amides is 2. The Morgan fingerprint density at radius 1 is 1.14 bits per heavy atom. The molecule has 2 amide bonds. The van der Waals surface area contributed by atoms with Crippen LogP contribution in [0.25, 0.3) is 0 Å². The van der Waals surface area contributed by atoms with Crippen molar-refractivity contribution in [2.45, 2.75) is 19.1 Å². The zero-order valence-corrected chi connectivity index (χ0v) is 11.8. The van der Waals surface area contributed by atoms with Gasteiger partial charge in [-0.15, -0.1) is 0 Å². The number of rotatable bonds is 2. The molecule has 2 bridgehead atoms. The number of esters is 1. The van der Waals surface area contributed by atoms with Gasteiger partial charge in [0.2, 0.25) is 11.8 Å². The zero-order valence-electron chi connectivity index (χ0n) is 11.8. The van der Waals surface area contributed by atoms with Crippen LogP contribution in [0.4, 0.5) is 5.69 Å². The minimum atomic E-state index is -0.455. The molecule has 0 aliphatic carbocycles. The van der Waals surface area contributed by atoms with Gasteiger partial charge in [0.15, 0.2) is 0 Å². The molecular weight excluding hydrogens is 286 g/mol. The second-order valence-electron chi connectivity index (χ2n) is 5.60. The summed E-state index contributed by atoms with van der Waals surface area (Å²) < 4.78 is 10.6. The first-order valence-corrected chi connectivity index (χ1v) is 7.06. The molecule has 3 aliphatic heterocycles. The van der Waals surface area contributed by atoms with E-state index in [0.29, 0.717) is 11.4 Å². The molecular formula is C16H13NO5. The Morgan fingerprint density at radius 2 is 1.77 bits per heavy atom. The minimum absolute atomic E-state index is 0.258. The van der Waals surface area contributed by atoms with Crippen molar-refractivity contribution in [3.8, 4) is 5.75 Å². The lowest BCUT2D eigenvalue weighted by atomic mass is 9.85. The maximum Gasteiger partial charge on any atom is 0.308 e. The second kappa shape index (κ2) is 4.51. The maximum atomic E-state index is 12.6. The fourth-order valence-electron chi connectivity index (χ4n) is 3.41. The third-order valence-corrected chi connectivity index (χ3v) is 4.25. The van der Waals surface area contributed by atoms with Crippen LogP contribution in [0, 0.1) is 11.8 Å². The maximum absolute atomic E-state index is 12.6. The highest BCUT2D eigenvalue weighted by molar-refractivity contribution is 6.23. The first kappa shape index (κ1) is 13.2. The van der Waals surface area contributed by atoms with Crippen molar-refractivity contribution in [3.05, 3.63) is 36.4 Å². The molecule has 1 aromatic carbocycles. The molecule has 0 N–H and O–H groups in total. The number of carbonyl (C=O) groups is 3. The van der Waals surface area contributed by atoms with E-state index < -0.39 is 17.8 Å². The van der Waals surface area contributed by atoms with Gasteiger partial charge in [-0.3, -0.25) is 14.4 Å². The summed E-state index contributed by atoms with van der Waals surface area (Å²) in [7, 11) is 0. The second-order valence-corrected chi connectivity index (χ2v) is 5.60. The van der Waals surface area contributed by atoms with Crippen LogP contribution in [0.5, 0.6) is 5.75 Å². The van der Waals surface area contributed by atoms with Crippen LogP contribution in [-0.4, -0.2) is 30.0 Å². The smallest absolute Gasteiger partial charge is 0.308 e. The van der Waals surface area contributed by atoms with Crippen LogP contribution in [0.3, 0.4) is 0 Å². The minimum Gasteiger partial charge on any atom is -0.427 e. The number of carbonyl (C=O) groups excluding carboxylic acids is 3. The van der Waals surface area contributed by atoms with E-state index in [1.165, 1.54) is 17.9 Å². The zero-order chi connectivity index (χ0) is 15.4. The Labute approximate surface area is 126 Å². The molecule has 3 aliphatic rings. The highest BCUT2D eigenvalue weighted by atomic mass is 16.5. The molecule has 4 rings (SSSR count).